The van der Waals surface area contributed by atoms with Gasteiger partial charge in [0.2, 0.25) is 10.0 Å². The number of urea groups is 1. The summed E-state index contributed by atoms with van der Waals surface area (Å²) in [7, 11) is -4.02. The van der Waals surface area contributed by atoms with Crippen molar-refractivity contribution in [2.24, 2.45) is 0 Å². The average Bonchev–Trinajstić information content (AvgIpc) is 2.94. The number of carboxylic acids is 1. The van der Waals surface area contributed by atoms with Gasteiger partial charge in [0.15, 0.2) is 0 Å². The van der Waals surface area contributed by atoms with Crippen molar-refractivity contribution in [1.82, 2.24) is 15.0 Å². The Kier molecular flexibility index (Phi) is 8.93. The van der Waals surface area contributed by atoms with Crippen molar-refractivity contribution in [1.29, 1.82) is 0 Å². The minimum absolute atomic E-state index is 0.0292. The van der Waals surface area contributed by atoms with E-state index in [9.17, 15) is 23.1 Å². The summed E-state index contributed by atoms with van der Waals surface area (Å²) in [5, 5.41) is 15.4. The number of benzene rings is 3. The monoisotopic (exact) mass is 558 g/mol. The summed E-state index contributed by atoms with van der Waals surface area (Å²) in [4.78, 5) is 28.4. The maximum Gasteiger partial charge on any atom is 0.322 e. The van der Waals surface area contributed by atoms with Gasteiger partial charge in [-0.3, -0.25) is 9.78 Å². The van der Waals surface area contributed by atoms with Gasteiger partial charge in [-0.2, -0.15) is 4.72 Å². The van der Waals surface area contributed by atoms with E-state index >= 15 is 0 Å². The summed E-state index contributed by atoms with van der Waals surface area (Å²) in [6.07, 6.45) is 3.33. The number of aliphatic carboxylic acids is 1. The van der Waals surface area contributed by atoms with Crippen LogP contribution < -0.4 is 15.4 Å². The van der Waals surface area contributed by atoms with E-state index in [1.54, 1.807) is 55.7 Å². The number of carboxylic acid groups (broad SMARTS) is 1. The molecule has 4 N–H and O–H groups in total. The van der Waals surface area contributed by atoms with Gasteiger partial charge in [0.25, 0.3) is 0 Å². The highest BCUT2D eigenvalue weighted by Crippen LogP contribution is 2.26. The van der Waals surface area contributed by atoms with Crippen LogP contribution in [0, 0.1) is 13.8 Å². The molecule has 4 aromatic rings. The number of nitrogens with one attached hydrogen (secondary N) is 3. The van der Waals surface area contributed by atoms with E-state index in [0.29, 0.717) is 23.4 Å². The number of anilines is 1. The normalized spacial score (nSPS) is 11.9. The third-order valence-corrected chi connectivity index (χ3v) is 8.00. The minimum atomic E-state index is -4.02. The van der Waals surface area contributed by atoms with Crippen molar-refractivity contribution < 1.29 is 23.1 Å². The van der Waals surface area contributed by atoms with Crippen LogP contribution in [0.5, 0.6) is 0 Å². The zero-order chi connectivity index (χ0) is 28.7. The highest BCUT2D eigenvalue weighted by molar-refractivity contribution is 7.89. The molecule has 0 aliphatic rings. The number of pyridine rings is 1. The number of amides is 2. The Labute approximate surface area is 233 Å². The maximum absolute atomic E-state index is 12.8. The zero-order valence-corrected chi connectivity index (χ0v) is 22.9. The molecule has 10 heteroatoms. The highest BCUT2D eigenvalue weighted by Gasteiger charge is 2.26. The molecule has 2 amide bonds. The number of hydrogen-bond donors (Lipinski definition) is 4. The Morgan fingerprint density at radius 3 is 2.27 bits per heavy atom. The Hall–Kier alpha value is -4.54. The Morgan fingerprint density at radius 2 is 1.60 bits per heavy atom. The van der Waals surface area contributed by atoms with Gasteiger partial charge >= 0.3 is 12.0 Å². The lowest BCUT2D eigenvalue weighted by Crippen LogP contribution is -2.42. The molecule has 0 radical (unpaired) electrons. The summed E-state index contributed by atoms with van der Waals surface area (Å²) >= 11 is 0. The van der Waals surface area contributed by atoms with Gasteiger partial charge in [0.1, 0.15) is 6.04 Å². The topological polar surface area (TPSA) is 137 Å². The highest BCUT2D eigenvalue weighted by atomic mass is 32.2. The van der Waals surface area contributed by atoms with Gasteiger partial charge in [0, 0.05) is 24.6 Å². The van der Waals surface area contributed by atoms with Crippen molar-refractivity contribution in [2.45, 2.75) is 37.8 Å². The van der Waals surface area contributed by atoms with Crippen LogP contribution in [-0.2, 0) is 27.8 Å². The van der Waals surface area contributed by atoms with Crippen molar-refractivity contribution in [2.75, 3.05) is 5.32 Å². The summed E-state index contributed by atoms with van der Waals surface area (Å²) in [6.45, 7) is 3.90. The largest absolute Gasteiger partial charge is 0.480 e. The van der Waals surface area contributed by atoms with Gasteiger partial charge < -0.3 is 15.7 Å². The van der Waals surface area contributed by atoms with E-state index < -0.39 is 22.0 Å². The molecule has 0 saturated carbocycles. The van der Waals surface area contributed by atoms with Crippen molar-refractivity contribution >= 4 is 27.7 Å². The van der Waals surface area contributed by atoms with Crippen LogP contribution >= 0.6 is 0 Å². The predicted molar refractivity (Wildman–Crippen MR) is 153 cm³/mol. The second kappa shape index (κ2) is 12.5. The number of hydrogen-bond acceptors (Lipinski definition) is 5. The molecule has 4 rings (SSSR count). The Bertz CT molecular complexity index is 1610. The van der Waals surface area contributed by atoms with Crippen LogP contribution in [0.15, 0.2) is 96.2 Å². The van der Waals surface area contributed by atoms with E-state index in [2.05, 4.69) is 20.3 Å². The van der Waals surface area contributed by atoms with Crippen LogP contribution in [0.25, 0.3) is 11.1 Å². The first-order valence-electron chi connectivity index (χ1n) is 12.6. The first-order valence-corrected chi connectivity index (χ1v) is 14.1. The zero-order valence-electron chi connectivity index (χ0n) is 22.1. The third kappa shape index (κ3) is 7.31. The van der Waals surface area contributed by atoms with Gasteiger partial charge in [-0.25, -0.2) is 13.2 Å². The van der Waals surface area contributed by atoms with Crippen LogP contribution in [0.1, 0.15) is 22.3 Å². The molecule has 40 heavy (non-hydrogen) atoms. The molecular weight excluding hydrogens is 528 g/mol. The van der Waals surface area contributed by atoms with Crippen LogP contribution in [0.2, 0.25) is 0 Å². The maximum atomic E-state index is 12.8. The summed E-state index contributed by atoms with van der Waals surface area (Å²) in [5.74, 6) is -1.27. The fourth-order valence-corrected chi connectivity index (χ4v) is 5.58. The van der Waals surface area contributed by atoms with Crippen molar-refractivity contribution in [3.05, 3.63) is 114 Å². The van der Waals surface area contributed by atoms with E-state index in [1.165, 1.54) is 6.07 Å². The standard InChI is InChI=1S/C30H30N4O5S/c1-20-9-12-25(17-26(20)33-30(37)32-19-23-7-5-15-31-18-23)24-13-10-22(11-14-24)16-27(29(35)36)34-40(38,39)28-8-4-3-6-21(28)2/h3-15,17-18,27,34H,16,19H2,1-2H3,(H,35,36)(H2,32,33,37). The number of carbonyl (C=O) groups excluding carboxylic acids is 1. The second-order valence-electron chi connectivity index (χ2n) is 9.38. The molecule has 0 aliphatic carbocycles. The van der Waals surface area contributed by atoms with Gasteiger partial charge in [-0.1, -0.05) is 60.7 Å². The molecular formula is C30H30N4O5S. The fraction of sp³-hybridized carbons (Fsp3) is 0.167. The summed E-state index contributed by atoms with van der Waals surface area (Å²) in [6, 6.07) is 21.3. The lowest BCUT2D eigenvalue weighted by Gasteiger charge is -2.16. The van der Waals surface area contributed by atoms with Crippen LogP contribution in [-0.4, -0.2) is 36.6 Å². The van der Waals surface area contributed by atoms with Gasteiger partial charge in [-0.05, 0) is 71.8 Å². The average molecular weight is 559 g/mol. The van der Waals surface area contributed by atoms with E-state index in [-0.39, 0.29) is 17.3 Å². The van der Waals surface area contributed by atoms with E-state index in [1.807, 2.05) is 43.3 Å². The molecule has 3 aromatic carbocycles. The first-order chi connectivity index (χ1) is 19.1. The lowest BCUT2D eigenvalue weighted by molar-refractivity contribution is -0.138. The van der Waals surface area contributed by atoms with E-state index in [0.717, 1.165) is 22.3 Å². The molecule has 1 atom stereocenters. The van der Waals surface area contributed by atoms with Crippen molar-refractivity contribution in [3.63, 3.8) is 0 Å². The molecule has 1 unspecified atom stereocenters. The summed E-state index contributed by atoms with van der Waals surface area (Å²) < 4.78 is 28.0. The lowest BCUT2D eigenvalue weighted by atomic mass is 9.99. The summed E-state index contributed by atoms with van der Waals surface area (Å²) in [5.41, 5.74) is 5.33. The minimum Gasteiger partial charge on any atom is -0.480 e. The van der Waals surface area contributed by atoms with Crippen LogP contribution in [0.4, 0.5) is 10.5 Å². The SMILES string of the molecule is Cc1ccc(-c2ccc(CC(NS(=O)(=O)c3ccccc3C)C(=O)O)cc2)cc1NC(=O)NCc1cccnc1. The quantitative estimate of drug-likeness (QED) is 0.223. The smallest absolute Gasteiger partial charge is 0.322 e. The second-order valence-corrected chi connectivity index (χ2v) is 11.1. The fourth-order valence-electron chi connectivity index (χ4n) is 4.14. The number of aryl methyl sites for hydroxylation is 2. The third-order valence-electron chi connectivity index (χ3n) is 6.37. The van der Waals surface area contributed by atoms with Gasteiger partial charge in [0.05, 0.1) is 4.90 Å². The Balaban J connectivity index is 1.43. The number of nitrogens with zero attached hydrogens (tertiary/aromatic N) is 1. The molecule has 0 fully saturated rings. The van der Waals surface area contributed by atoms with Gasteiger partial charge in [-0.15, -0.1) is 0 Å². The predicted octanol–water partition coefficient (Wildman–Crippen LogP) is 4.66. The Morgan fingerprint density at radius 1 is 0.875 bits per heavy atom. The molecule has 0 bridgehead atoms. The molecule has 9 nitrogen and oxygen atoms in total. The first kappa shape index (κ1) is 28.5. The molecule has 0 aliphatic heterocycles. The molecule has 1 heterocycles. The number of carbonyl (C=O) groups is 2. The number of rotatable bonds is 10. The van der Waals surface area contributed by atoms with E-state index in [4.69, 9.17) is 0 Å². The number of aromatic nitrogens is 1. The molecule has 0 spiro atoms. The number of sulfonamides is 1. The van der Waals surface area contributed by atoms with Crippen LogP contribution in [0.3, 0.4) is 0 Å². The molecule has 206 valence electrons. The molecule has 0 saturated heterocycles. The molecule has 1 aromatic heterocycles. The van der Waals surface area contributed by atoms with Crippen molar-refractivity contribution in [3.8, 4) is 11.1 Å².